The standard InChI is InChI=1S/C49H50N6O5/c1-7-19-41-50-43(48(5,6)58)42(45(56)59-33-60-46(57)47(2,3)4)54(41)32-34-28-30-35(31-29-34)39-26-17-18-27-40(39)44-51-53-55(52-44)49(36-20-11-8-12-21-36,37-22-13-9-14-23-37)38-24-15-10-16-25-38/h8-18,20-31,58H,7,19,32-33H2,1-6H3. The first kappa shape index (κ1) is 41.4. The number of esters is 2. The SMILES string of the molecule is CCCc1nc(C(C)(C)O)c(C(=O)OCOC(=O)C(C)(C)C)n1Cc1ccc(-c2ccccc2-c2nnn(C(c3ccccc3)(c3ccccc3)c3ccccc3)n2)cc1. The van der Waals surface area contributed by atoms with Crippen LogP contribution in [0.1, 0.15) is 92.2 Å². The molecule has 2 heterocycles. The number of carbonyl (C=O) groups is 2. The van der Waals surface area contributed by atoms with Crippen LogP contribution in [0.4, 0.5) is 0 Å². The van der Waals surface area contributed by atoms with Crippen LogP contribution in [0.5, 0.6) is 0 Å². The number of tetrazole rings is 1. The van der Waals surface area contributed by atoms with Crippen LogP contribution >= 0.6 is 0 Å². The number of nitrogens with zero attached hydrogens (tertiary/aromatic N) is 6. The van der Waals surface area contributed by atoms with Gasteiger partial charge in [-0.15, -0.1) is 15.0 Å². The molecule has 0 aliphatic heterocycles. The maximum atomic E-state index is 13.7. The van der Waals surface area contributed by atoms with Crippen molar-refractivity contribution in [1.82, 2.24) is 29.8 Å². The number of aryl methyl sites for hydroxylation is 1. The first-order valence-electron chi connectivity index (χ1n) is 20.1. The van der Waals surface area contributed by atoms with Gasteiger partial charge in [-0.1, -0.05) is 146 Å². The van der Waals surface area contributed by atoms with Crippen molar-refractivity contribution >= 4 is 11.9 Å². The monoisotopic (exact) mass is 802 g/mol. The first-order valence-corrected chi connectivity index (χ1v) is 20.1. The van der Waals surface area contributed by atoms with Crippen molar-refractivity contribution in [1.29, 1.82) is 0 Å². The van der Waals surface area contributed by atoms with E-state index in [1.54, 1.807) is 44.0 Å². The van der Waals surface area contributed by atoms with E-state index in [0.29, 0.717) is 18.1 Å². The fraction of sp³-hybridized carbons (Fsp3) is 0.265. The van der Waals surface area contributed by atoms with Gasteiger partial charge in [0.2, 0.25) is 12.6 Å². The molecule has 0 saturated heterocycles. The summed E-state index contributed by atoms with van der Waals surface area (Å²) in [5.41, 5.74) is 3.71. The Morgan fingerprint density at radius 1 is 0.683 bits per heavy atom. The van der Waals surface area contributed by atoms with Crippen molar-refractivity contribution in [2.75, 3.05) is 6.79 Å². The molecule has 0 radical (unpaired) electrons. The fourth-order valence-corrected chi connectivity index (χ4v) is 7.39. The highest BCUT2D eigenvalue weighted by atomic mass is 16.7. The van der Waals surface area contributed by atoms with Crippen LogP contribution in [0.25, 0.3) is 22.5 Å². The van der Waals surface area contributed by atoms with E-state index in [0.717, 1.165) is 45.4 Å². The van der Waals surface area contributed by atoms with Crippen molar-refractivity contribution in [3.05, 3.63) is 179 Å². The minimum absolute atomic E-state index is 0.110. The lowest BCUT2D eigenvalue weighted by molar-refractivity contribution is -0.161. The van der Waals surface area contributed by atoms with Crippen molar-refractivity contribution in [3.8, 4) is 22.5 Å². The van der Waals surface area contributed by atoms with Crippen LogP contribution in [0, 0.1) is 5.41 Å². The molecule has 0 aliphatic rings. The van der Waals surface area contributed by atoms with Crippen molar-refractivity contribution in [2.24, 2.45) is 5.41 Å². The number of rotatable bonds is 14. The minimum atomic E-state index is -1.45. The zero-order valence-corrected chi connectivity index (χ0v) is 34.9. The molecule has 7 rings (SSSR count). The van der Waals surface area contributed by atoms with Crippen molar-refractivity contribution in [3.63, 3.8) is 0 Å². The van der Waals surface area contributed by atoms with Gasteiger partial charge < -0.3 is 19.1 Å². The molecule has 11 nitrogen and oxygen atoms in total. The maximum Gasteiger partial charge on any atom is 0.359 e. The molecule has 0 unspecified atom stereocenters. The summed E-state index contributed by atoms with van der Waals surface area (Å²) in [6, 6.07) is 46.7. The largest absolute Gasteiger partial charge is 0.427 e. The van der Waals surface area contributed by atoms with E-state index >= 15 is 0 Å². The van der Waals surface area contributed by atoms with E-state index in [2.05, 4.69) is 36.4 Å². The number of ether oxygens (including phenoxy) is 2. The lowest BCUT2D eigenvalue weighted by atomic mass is 9.77. The second kappa shape index (κ2) is 17.2. The van der Waals surface area contributed by atoms with Gasteiger partial charge in [-0.3, -0.25) is 4.79 Å². The van der Waals surface area contributed by atoms with E-state index in [-0.39, 0.29) is 17.9 Å². The zero-order chi connectivity index (χ0) is 42.5. The van der Waals surface area contributed by atoms with Crippen LogP contribution < -0.4 is 0 Å². The van der Waals surface area contributed by atoms with E-state index in [9.17, 15) is 14.7 Å². The molecular weight excluding hydrogens is 753 g/mol. The summed E-state index contributed by atoms with van der Waals surface area (Å²) in [5.74, 6) is -0.139. The Morgan fingerprint density at radius 3 is 1.73 bits per heavy atom. The maximum absolute atomic E-state index is 13.7. The smallest absolute Gasteiger partial charge is 0.359 e. The summed E-state index contributed by atoms with van der Waals surface area (Å²) in [6.45, 7) is 10.1. The van der Waals surface area contributed by atoms with Gasteiger partial charge >= 0.3 is 11.9 Å². The topological polar surface area (TPSA) is 134 Å². The normalized spacial score (nSPS) is 12.0. The molecule has 0 fully saturated rings. The lowest BCUT2D eigenvalue weighted by Crippen LogP contribution is -2.39. The van der Waals surface area contributed by atoms with Crippen molar-refractivity contribution < 1.29 is 24.2 Å². The number of benzene rings is 5. The molecule has 0 atom stereocenters. The van der Waals surface area contributed by atoms with Gasteiger partial charge in [0, 0.05) is 18.5 Å². The highest BCUT2D eigenvalue weighted by molar-refractivity contribution is 5.89. The van der Waals surface area contributed by atoms with Gasteiger partial charge in [-0.2, -0.15) is 0 Å². The van der Waals surface area contributed by atoms with Gasteiger partial charge in [0.1, 0.15) is 17.1 Å². The van der Waals surface area contributed by atoms with Gasteiger partial charge in [0.25, 0.3) is 0 Å². The van der Waals surface area contributed by atoms with Gasteiger partial charge in [-0.05, 0) is 79.6 Å². The third-order valence-electron chi connectivity index (χ3n) is 10.3. The van der Waals surface area contributed by atoms with E-state index in [1.165, 1.54) is 0 Å². The number of aliphatic hydroxyl groups is 1. The number of imidazole rings is 1. The second-order valence-corrected chi connectivity index (χ2v) is 16.3. The first-order chi connectivity index (χ1) is 28.8. The molecule has 1 N–H and O–H groups in total. The van der Waals surface area contributed by atoms with Crippen LogP contribution in [0.3, 0.4) is 0 Å². The van der Waals surface area contributed by atoms with Crippen LogP contribution in [0.2, 0.25) is 0 Å². The van der Waals surface area contributed by atoms with Gasteiger partial charge in [0.05, 0.1) is 5.41 Å². The highest BCUT2D eigenvalue weighted by Crippen LogP contribution is 2.40. The Bertz CT molecular complexity index is 2460. The predicted molar refractivity (Wildman–Crippen MR) is 230 cm³/mol. The summed E-state index contributed by atoms with van der Waals surface area (Å²) in [4.78, 5) is 32.5. The lowest BCUT2D eigenvalue weighted by Gasteiger charge is -2.34. The quantitative estimate of drug-likeness (QED) is 0.0650. The number of aromatic nitrogens is 6. The minimum Gasteiger partial charge on any atom is -0.427 e. The summed E-state index contributed by atoms with van der Waals surface area (Å²) in [7, 11) is 0. The second-order valence-electron chi connectivity index (χ2n) is 16.3. The van der Waals surface area contributed by atoms with E-state index in [4.69, 9.17) is 29.9 Å². The van der Waals surface area contributed by atoms with Crippen molar-refractivity contribution in [2.45, 2.75) is 72.1 Å². The van der Waals surface area contributed by atoms with E-state index in [1.807, 2.05) is 110 Å². The fourth-order valence-electron chi connectivity index (χ4n) is 7.39. The van der Waals surface area contributed by atoms with E-state index < -0.39 is 35.3 Å². The molecule has 60 heavy (non-hydrogen) atoms. The number of carbonyl (C=O) groups excluding carboxylic acids is 2. The molecular formula is C49H50N6O5. The molecule has 0 amide bonds. The molecule has 306 valence electrons. The molecule has 0 saturated carbocycles. The third-order valence-corrected chi connectivity index (χ3v) is 10.3. The molecule has 0 bridgehead atoms. The Hall–Kier alpha value is -6.72. The van der Waals surface area contributed by atoms with Crippen LogP contribution in [0.15, 0.2) is 140 Å². The van der Waals surface area contributed by atoms with Gasteiger partial charge in [0.15, 0.2) is 11.2 Å². The molecule has 0 aliphatic carbocycles. The Labute approximate surface area is 350 Å². The summed E-state index contributed by atoms with van der Waals surface area (Å²) >= 11 is 0. The van der Waals surface area contributed by atoms with Gasteiger partial charge in [-0.25, -0.2) is 9.78 Å². The molecule has 2 aromatic heterocycles. The third kappa shape index (κ3) is 8.39. The highest BCUT2D eigenvalue weighted by Gasteiger charge is 2.41. The Kier molecular flexibility index (Phi) is 11.9. The Balaban J connectivity index is 1.23. The average molecular weight is 803 g/mol. The molecule has 0 spiro atoms. The predicted octanol–water partition coefficient (Wildman–Crippen LogP) is 8.98. The number of hydrogen-bond donors (Lipinski definition) is 1. The average Bonchev–Trinajstić information content (AvgIpc) is 3.88. The summed E-state index contributed by atoms with van der Waals surface area (Å²) in [5, 5.41) is 25.7. The zero-order valence-electron chi connectivity index (χ0n) is 34.9. The molecule has 11 heteroatoms. The molecule has 7 aromatic rings. The van der Waals surface area contributed by atoms with Crippen LogP contribution in [-0.2, 0) is 38.4 Å². The Morgan fingerprint density at radius 2 is 1.22 bits per heavy atom. The molecule has 5 aromatic carbocycles. The number of hydrogen-bond acceptors (Lipinski definition) is 9. The summed E-state index contributed by atoms with van der Waals surface area (Å²) < 4.78 is 12.5. The van der Waals surface area contributed by atoms with Crippen LogP contribution in [-0.4, -0.2) is 53.6 Å². The summed E-state index contributed by atoms with van der Waals surface area (Å²) in [6.07, 6.45) is 1.33.